The first-order valence-electron chi connectivity index (χ1n) is 11.6. The van der Waals surface area contributed by atoms with Gasteiger partial charge in [-0.05, 0) is 33.1 Å². The zero-order valence-corrected chi connectivity index (χ0v) is 19.7. The Morgan fingerprint density at radius 3 is 1.48 bits per heavy atom. The third kappa shape index (κ3) is 16.7. The summed E-state index contributed by atoms with van der Waals surface area (Å²) in [5.74, 6) is 0. The largest absolute Gasteiger partial charge is 0.475 e. The maximum atomic E-state index is 13.1. The molecule has 27 heavy (non-hydrogen) atoms. The van der Waals surface area contributed by atoms with Crippen molar-refractivity contribution in [1.82, 2.24) is 0 Å². The van der Waals surface area contributed by atoms with Crippen molar-refractivity contribution in [1.29, 1.82) is 0 Å². The van der Waals surface area contributed by atoms with E-state index < -0.39 is 7.82 Å². The number of unbranched alkanes of at least 4 members (excludes halogenated alkanes) is 9. The van der Waals surface area contributed by atoms with Crippen molar-refractivity contribution in [3.8, 4) is 0 Å². The number of hydrogen-bond acceptors (Lipinski definition) is 4. The Balaban J connectivity index is 4.26. The summed E-state index contributed by atoms with van der Waals surface area (Å²) in [5, 5.41) is 0. The van der Waals surface area contributed by atoms with E-state index in [-0.39, 0.29) is 12.2 Å². The Labute approximate surface area is 169 Å². The Hall–Kier alpha value is 0.110. The van der Waals surface area contributed by atoms with E-state index in [4.69, 9.17) is 13.6 Å². The molecule has 0 amide bonds. The fourth-order valence-electron chi connectivity index (χ4n) is 3.03. The van der Waals surface area contributed by atoms with E-state index in [1.165, 1.54) is 38.5 Å². The first-order chi connectivity index (χ1) is 13.0. The number of rotatable bonds is 20. The second kappa shape index (κ2) is 18.2. The molecule has 0 aromatic carbocycles. The van der Waals surface area contributed by atoms with Gasteiger partial charge in [-0.2, -0.15) is 0 Å². The number of phosphoric ester groups is 1. The van der Waals surface area contributed by atoms with Crippen LogP contribution in [0.1, 0.15) is 125 Å². The van der Waals surface area contributed by atoms with Gasteiger partial charge in [0.1, 0.15) is 0 Å². The molecule has 0 aliphatic heterocycles. The SMILES string of the molecule is CCCCCCCCCCOP(=O)(OC(C)CCCC)OC(C)CCCC. The van der Waals surface area contributed by atoms with Crippen molar-refractivity contribution in [3.63, 3.8) is 0 Å². The molecule has 4 nitrogen and oxygen atoms in total. The quantitative estimate of drug-likeness (QED) is 0.150. The second-order valence-corrected chi connectivity index (χ2v) is 9.45. The monoisotopic (exact) mass is 406 g/mol. The van der Waals surface area contributed by atoms with Crippen molar-refractivity contribution in [2.24, 2.45) is 0 Å². The molecule has 0 saturated carbocycles. The standard InChI is InChI=1S/C22H47O4P/c1-6-9-12-13-14-15-16-17-20-24-27(23,25-21(4)18-10-7-2)26-22(5)19-11-8-3/h21-22H,6-20H2,1-5H3. The summed E-state index contributed by atoms with van der Waals surface area (Å²) >= 11 is 0. The lowest BCUT2D eigenvalue weighted by atomic mass is 10.1. The van der Waals surface area contributed by atoms with Crippen LogP contribution in [-0.2, 0) is 18.1 Å². The topological polar surface area (TPSA) is 44.8 Å². The van der Waals surface area contributed by atoms with Crippen molar-refractivity contribution in [3.05, 3.63) is 0 Å². The Kier molecular flexibility index (Phi) is 18.2. The molecule has 2 unspecified atom stereocenters. The minimum absolute atomic E-state index is 0.104. The highest BCUT2D eigenvalue weighted by Crippen LogP contribution is 2.52. The molecule has 2 atom stereocenters. The molecule has 0 radical (unpaired) electrons. The smallest absolute Gasteiger partial charge is 0.287 e. The zero-order chi connectivity index (χ0) is 20.4. The molecular formula is C22H47O4P. The molecule has 0 N–H and O–H groups in total. The van der Waals surface area contributed by atoms with Crippen molar-refractivity contribution in [2.75, 3.05) is 6.61 Å². The van der Waals surface area contributed by atoms with E-state index in [0.29, 0.717) is 6.61 Å². The Bertz CT molecular complexity index is 342. The lowest BCUT2D eigenvalue weighted by molar-refractivity contribution is 0.0553. The molecule has 0 aromatic rings. The average Bonchev–Trinajstić information content (AvgIpc) is 2.63. The van der Waals surface area contributed by atoms with Gasteiger partial charge in [-0.25, -0.2) is 4.57 Å². The summed E-state index contributed by atoms with van der Waals surface area (Å²) in [6, 6.07) is 0. The van der Waals surface area contributed by atoms with Crippen molar-refractivity contribution >= 4 is 7.82 Å². The summed E-state index contributed by atoms with van der Waals surface area (Å²) in [4.78, 5) is 0. The molecule has 0 aliphatic rings. The maximum absolute atomic E-state index is 13.1. The summed E-state index contributed by atoms with van der Waals surface area (Å²) < 4.78 is 30.3. The first kappa shape index (κ1) is 27.1. The average molecular weight is 407 g/mol. The fraction of sp³-hybridized carbons (Fsp3) is 1.00. The van der Waals surface area contributed by atoms with Gasteiger partial charge in [-0.3, -0.25) is 13.6 Å². The first-order valence-corrected chi connectivity index (χ1v) is 13.0. The normalized spacial score (nSPS) is 16.2. The highest BCUT2D eigenvalue weighted by Gasteiger charge is 2.31. The van der Waals surface area contributed by atoms with Crippen LogP contribution in [-0.4, -0.2) is 18.8 Å². The van der Waals surface area contributed by atoms with Crippen LogP contribution in [0.25, 0.3) is 0 Å². The molecule has 0 heterocycles. The Morgan fingerprint density at radius 1 is 0.630 bits per heavy atom. The predicted molar refractivity (Wildman–Crippen MR) is 116 cm³/mol. The van der Waals surface area contributed by atoms with Crippen LogP contribution in [0.2, 0.25) is 0 Å². The van der Waals surface area contributed by atoms with Crippen LogP contribution in [0, 0.1) is 0 Å². The molecule has 164 valence electrons. The van der Waals surface area contributed by atoms with E-state index >= 15 is 0 Å². The molecule has 5 heteroatoms. The van der Waals surface area contributed by atoms with E-state index in [2.05, 4.69) is 20.8 Å². The van der Waals surface area contributed by atoms with Gasteiger partial charge in [-0.1, -0.05) is 91.4 Å². The second-order valence-electron chi connectivity index (χ2n) is 7.87. The maximum Gasteiger partial charge on any atom is 0.475 e. The van der Waals surface area contributed by atoms with E-state index in [1.54, 1.807) is 0 Å². The zero-order valence-electron chi connectivity index (χ0n) is 18.8. The summed E-state index contributed by atoms with van der Waals surface area (Å²) in [6.07, 6.45) is 15.7. The molecular weight excluding hydrogens is 359 g/mol. The van der Waals surface area contributed by atoms with Gasteiger partial charge < -0.3 is 0 Å². The highest BCUT2D eigenvalue weighted by atomic mass is 31.2. The van der Waals surface area contributed by atoms with Gasteiger partial charge in [0.15, 0.2) is 0 Å². The lowest BCUT2D eigenvalue weighted by Crippen LogP contribution is -2.14. The molecule has 0 rings (SSSR count). The highest BCUT2D eigenvalue weighted by molar-refractivity contribution is 7.48. The summed E-state index contributed by atoms with van der Waals surface area (Å²) in [6.45, 7) is 10.9. The van der Waals surface area contributed by atoms with Gasteiger partial charge in [0.05, 0.1) is 18.8 Å². The minimum atomic E-state index is -3.48. The van der Waals surface area contributed by atoms with Crippen LogP contribution >= 0.6 is 7.82 Å². The number of phosphoric acid groups is 1. The van der Waals surface area contributed by atoms with Gasteiger partial charge >= 0.3 is 7.82 Å². The van der Waals surface area contributed by atoms with E-state index in [9.17, 15) is 4.57 Å². The van der Waals surface area contributed by atoms with Crippen molar-refractivity contribution in [2.45, 2.75) is 137 Å². The van der Waals surface area contributed by atoms with Gasteiger partial charge in [0.25, 0.3) is 0 Å². The third-order valence-electron chi connectivity index (χ3n) is 4.79. The van der Waals surface area contributed by atoms with Crippen LogP contribution < -0.4 is 0 Å². The molecule has 0 bridgehead atoms. The van der Waals surface area contributed by atoms with Gasteiger partial charge in [0.2, 0.25) is 0 Å². The van der Waals surface area contributed by atoms with Gasteiger partial charge in [0, 0.05) is 0 Å². The molecule has 0 aromatic heterocycles. The molecule has 0 aliphatic carbocycles. The van der Waals surface area contributed by atoms with Crippen LogP contribution in [0.15, 0.2) is 0 Å². The molecule has 0 spiro atoms. The Morgan fingerprint density at radius 2 is 1.04 bits per heavy atom. The predicted octanol–water partition coefficient (Wildman–Crippen LogP) is 8.44. The fourth-order valence-corrected chi connectivity index (χ4v) is 4.64. The van der Waals surface area contributed by atoms with E-state index in [0.717, 1.165) is 51.4 Å². The lowest BCUT2D eigenvalue weighted by Gasteiger charge is -2.24. The van der Waals surface area contributed by atoms with E-state index in [1.807, 2.05) is 13.8 Å². The minimum Gasteiger partial charge on any atom is -0.287 e. The summed E-state index contributed by atoms with van der Waals surface area (Å²) in [5.41, 5.74) is 0. The van der Waals surface area contributed by atoms with Crippen LogP contribution in [0.5, 0.6) is 0 Å². The number of hydrogen-bond donors (Lipinski definition) is 0. The van der Waals surface area contributed by atoms with Crippen LogP contribution in [0.3, 0.4) is 0 Å². The van der Waals surface area contributed by atoms with Gasteiger partial charge in [-0.15, -0.1) is 0 Å². The molecule has 0 fully saturated rings. The van der Waals surface area contributed by atoms with Crippen LogP contribution in [0.4, 0.5) is 0 Å². The van der Waals surface area contributed by atoms with Crippen molar-refractivity contribution < 1.29 is 18.1 Å². The summed E-state index contributed by atoms with van der Waals surface area (Å²) in [7, 11) is -3.48. The third-order valence-corrected chi connectivity index (χ3v) is 6.53. The molecule has 0 saturated heterocycles.